The highest BCUT2D eigenvalue weighted by atomic mass is 19.2. The van der Waals surface area contributed by atoms with E-state index in [9.17, 15) is 8.78 Å². The Morgan fingerprint density at radius 1 is 1.00 bits per heavy atom. The molecule has 0 radical (unpaired) electrons. The quantitative estimate of drug-likeness (QED) is 0.702. The number of nitrogens with one attached hydrogen (secondary N) is 2. The Hall–Kier alpha value is -2.40. The molecule has 0 saturated carbocycles. The first-order chi connectivity index (χ1) is 12.1. The van der Waals surface area contributed by atoms with Crippen LogP contribution in [0.5, 0.6) is 0 Å². The van der Waals surface area contributed by atoms with Gasteiger partial charge < -0.3 is 15.2 Å². The number of anilines is 2. The standard InChI is InChI=1S/C20H21F2N3/c1-25-8-6-13(7-9-25)17-12-23-20-11-15(2-4-16(17)20)24-14-3-5-18(21)19(22)10-14/h2-5,10-13,23-24H,6-9H2,1H3. The number of hydrogen-bond donors (Lipinski definition) is 2. The maximum Gasteiger partial charge on any atom is 0.160 e. The predicted molar refractivity (Wildman–Crippen MR) is 97.4 cm³/mol. The van der Waals surface area contributed by atoms with Gasteiger partial charge in [0.25, 0.3) is 0 Å². The Labute approximate surface area is 145 Å². The zero-order chi connectivity index (χ0) is 17.4. The van der Waals surface area contributed by atoms with Gasteiger partial charge in [-0.3, -0.25) is 0 Å². The van der Waals surface area contributed by atoms with Crippen molar-refractivity contribution in [3.63, 3.8) is 0 Å². The molecule has 1 aliphatic heterocycles. The lowest BCUT2D eigenvalue weighted by atomic mass is 9.89. The van der Waals surface area contributed by atoms with Crippen LogP contribution in [0.25, 0.3) is 10.9 Å². The lowest BCUT2D eigenvalue weighted by Gasteiger charge is -2.28. The van der Waals surface area contributed by atoms with Crippen LogP contribution >= 0.6 is 0 Å². The van der Waals surface area contributed by atoms with Crippen LogP contribution in [-0.4, -0.2) is 30.0 Å². The van der Waals surface area contributed by atoms with Crippen molar-refractivity contribution in [2.45, 2.75) is 18.8 Å². The Morgan fingerprint density at radius 2 is 1.72 bits per heavy atom. The Morgan fingerprint density at radius 3 is 2.48 bits per heavy atom. The lowest BCUT2D eigenvalue weighted by Crippen LogP contribution is -2.29. The summed E-state index contributed by atoms with van der Waals surface area (Å²) in [5.74, 6) is -1.10. The minimum atomic E-state index is -0.851. The molecule has 1 aliphatic rings. The number of hydrogen-bond acceptors (Lipinski definition) is 2. The number of halogens is 2. The van der Waals surface area contributed by atoms with Gasteiger partial charge in [0.1, 0.15) is 0 Å². The SMILES string of the molecule is CN1CCC(c2c[nH]c3cc(Nc4ccc(F)c(F)c4)ccc23)CC1. The monoisotopic (exact) mass is 341 g/mol. The van der Waals surface area contributed by atoms with Crippen molar-refractivity contribution in [2.24, 2.45) is 0 Å². The highest BCUT2D eigenvalue weighted by Crippen LogP contribution is 2.34. The van der Waals surface area contributed by atoms with Crippen LogP contribution in [0.15, 0.2) is 42.6 Å². The third-order valence-electron chi connectivity index (χ3n) is 5.08. The average Bonchev–Trinajstić information content (AvgIpc) is 3.02. The van der Waals surface area contributed by atoms with Crippen LogP contribution in [-0.2, 0) is 0 Å². The lowest BCUT2D eigenvalue weighted by molar-refractivity contribution is 0.256. The van der Waals surface area contributed by atoms with E-state index in [1.807, 2.05) is 12.1 Å². The Bertz CT molecular complexity index is 895. The number of likely N-dealkylation sites (tertiary alicyclic amines) is 1. The fraction of sp³-hybridized carbons (Fsp3) is 0.300. The van der Waals surface area contributed by atoms with Gasteiger partial charge in [-0.15, -0.1) is 0 Å². The summed E-state index contributed by atoms with van der Waals surface area (Å²) in [4.78, 5) is 5.73. The van der Waals surface area contributed by atoms with E-state index in [0.717, 1.165) is 36.4 Å². The fourth-order valence-corrected chi connectivity index (χ4v) is 3.62. The summed E-state index contributed by atoms with van der Waals surface area (Å²) in [7, 11) is 2.17. The minimum Gasteiger partial charge on any atom is -0.361 e. The molecule has 2 heterocycles. The van der Waals surface area contributed by atoms with E-state index in [4.69, 9.17) is 0 Å². The smallest absolute Gasteiger partial charge is 0.160 e. The molecule has 0 aliphatic carbocycles. The second-order valence-electron chi connectivity index (χ2n) is 6.84. The second kappa shape index (κ2) is 6.48. The average molecular weight is 341 g/mol. The summed E-state index contributed by atoms with van der Waals surface area (Å²) in [6.45, 7) is 2.26. The van der Waals surface area contributed by atoms with Crippen LogP contribution in [0, 0.1) is 11.6 Å². The van der Waals surface area contributed by atoms with Gasteiger partial charge in [-0.1, -0.05) is 6.07 Å². The summed E-state index contributed by atoms with van der Waals surface area (Å²) in [6.07, 6.45) is 4.47. The molecule has 1 fully saturated rings. The Balaban J connectivity index is 1.58. The molecule has 3 nitrogen and oxygen atoms in total. The molecule has 2 N–H and O–H groups in total. The van der Waals surface area contributed by atoms with Gasteiger partial charge in [0.15, 0.2) is 11.6 Å². The van der Waals surface area contributed by atoms with Gasteiger partial charge in [-0.2, -0.15) is 0 Å². The molecule has 0 bridgehead atoms. The molecule has 1 saturated heterocycles. The molecule has 0 unspecified atom stereocenters. The van der Waals surface area contributed by atoms with Gasteiger partial charge in [-0.05, 0) is 68.7 Å². The predicted octanol–water partition coefficient (Wildman–Crippen LogP) is 5.00. The molecule has 5 heteroatoms. The van der Waals surface area contributed by atoms with Crippen molar-refractivity contribution in [1.82, 2.24) is 9.88 Å². The van der Waals surface area contributed by atoms with Crippen molar-refractivity contribution in [3.05, 3.63) is 59.8 Å². The van der Waals surface area contributed by atoms with E-state index in [2.05, 4.69) is 34.5 Å². The second-order valence-corrected chi connectivity index (χ2v) is 6.84. The number of fused-ring (bicyclic) bond motifs is 1. The minimum absolute atomic E-state index is 0.528. The highest BCUT2D eigenvalue weighted by molar-refractivity contribution is 5.87. The first kappa shape index (κ1) is 16.1. The van der Waals surface area contributed by atoms with E-state index in [1.165, 1.54) is 29.9 Å². The molecule has 0 amide bonds. The zero-order valence-corrected chi connectivity index (χ0v) is 14.2. The maximum absolute atomic E-state index is 13.3. The van der Waals surface area contributed by atoms with Crippen LogP contribution in [0.2, 0.25) is 0 Å². The normalized spacial score (nSPS) is 16.4. The first-order valence-corrected chi connectivity index (χ1v) is 8.62. The van der Waals surface area contributed by atoms with Gasteiger partial charge in [0, 0.05) is 34.5 Å². The van der Waals surface area contributed by atoms with Gasteiger partial charge in [0.05, 0.1) is 0 Å². The van der Waals surface area contributed by atoms with Crippen LogP contribution in [0.3, 0.4) is 0 Å². The number of rotatable bonds is 3. The van der Waals surface area contributed by atoms with E-state index in [-0.39, 0.29) is 0 Å². The van der Waals surface area contributed by atoms with E-state index >= 15 is 0 Å². The highest BCUT2D eigenvalue weighted by Gasteiger charge is 2.21. The number of piperidine rings is 1. The Kier molecular flexibility index (Phi) is 4.17. The number of aromatic nitrogens is 1. The molecule has 0 spiro atoms. The largest absolute Gasteiger partial charge is 0.361 e. The van der Waals surface area contributed by atoms with Crippen molar-refractivity contribution >= 4 is 22.3 Å². The van der Waals surface area contributed by atoms with Gasteiger partial charge >= 0.3 is 0 Å². The summed E-state index contributed by atoms with van der Waals surface area (Å²) in [5, 5.41) is 4.37. The first-order valence-electron chi connectivity index (χ1n) is 8.62. The maximum atomic E-state index is 13.3. The molecule has 25 heavy (non-hydrogen) atoms. The van der Waals surface area contributed by atoms with Crippen molar-refractivity contribution in [2.75, 3.05) is 25.5 Å². The molecule has 2 aromatic carbocycles. The fourth-order valence-electron chi connectivity index (χ4n) is 3.62. The van der Waals surface area contributed by atoms with Gasteiger partial charge in [0.2, 0.25) is 0 Å². The molecule has 1 aromatic heterocycles. The van der Waals surface area contributed by atoms with Crippen LogP contribution in [0.1, 0.15) is 24.3 Å². The van der Waals surface area contributed by atoms with E-state index in [0.29, 0.717) is 11.6 Å². The van der Waals surface area contributed by atoms with E-state index in [1.54, 1.807) is 0 Å². The molecular weight excluding hydrogens is 320 g/mol. The molecule has 0 atom stereocenters. The molecule has 3 aromatic rings. The number of H-pyrrole nitrogens is 1. The topological polar surface area (TPSA) is 31.1 Å². The van der Waals surface area contributed by atoms with Crippen molar-refractivity contribution in [1.29, 1.82) is 0 Å². The number of benzene rings is 2. The van der Waals surface area contributed by atoms with Crippen molar-refractivity contribution < 1.29 is 8.78 Å². The summed E-state index contributed by atoms with van der Waals surface area (Å²) in [5.41, 5.74) is 3.81. The third-order valence-corrected chi connectivity index (χ3v) is 5.08. The summed E-state index contributed by atoms with van der Waals surface area (Å²) < 4.78 is 26.4. The van der Waals surface area contributed by atoms with E-state index < -0.39 is 11.6 Å². The van der Waals surface area contributed by atoms with Gasteiger partial charge in [-0.25, -0.2) is 8.78 Å². The number of nitrogens with zero attached hydrogens (tertiary/aromatic N) is 1. The summed E-state index contributed by atoms with van der Waals surface area (Å²) >= 11 is 0. The zero-order valence-electron chi connectivity index (χ0n) is 14.2. The van der Waals surface area contributed by atoms with Crippen LogP contribution < -0.4 is 5.32 Å². The molecule has 130 valence electrons. The summed E-state index contributed by atoms with van der Waals surface area (Å²) in [6, 6.07) is 9.91. The molecular formula is C20H21F2N3. The van der Waals surface area contributed by atoms with Crippen LogP contribution in [0.4, 0.5) is 20.2 Å². The number of aromatic amines is 1. The molecule has 4 rings (SSSR count). The van der Waals surface area contributed by atoms with Crippen molar-refractivity contribution in [3.8, 4) is 0 Å². The third kappa shape index (κ3) is 3.24.